The van der Waals surface area contributed by atoms with Crippen molar-refractivity contribution in [3.05, 3.63) is 47.9 Å². The van der Waals surface area contributed by atoms with Crippen LogP contribution in [0, 0.1) is 19.7 Å². The molecular weight excluding hydrogens is 385 g/mol. The van der Waals surface area contributed by atoms with Gasteiger partial charge < -0.3 is 14.6 Å². The first-order valence-electron chi connectivity index (χ1n) is 9.91. The summed E-state index contributed by atoms with van der Waals surface area (Å²) in [5.74, 6) is 2.99. The molecule has 4 heterocycles. The molecule has 0 aliphatic carbocycles. The van der Waals surface area contributed by atoms with E-state index in [1.165, 1.54) is 12.1 Å². The monoisotopic (exact) mass is 407 g/mol. The zero-order chi connectivity index (χ0) is 20.8. The molecule has 0 saturated carbocycles. The number of benzene rings is 1. The Morgan fingerprint density at radius 3 is 2.63 bits per heavy atom. The Morgan fingerprint density at radius 2 is 1.87 bits per heavy atom. The average molecular weight is 407 g/mol. The minimum absolute atomic E-state index is 0.164. The summed E-state index contributed by atoms with van der Waals surface area (Å²) < 4.78 is 21.8. The number of anilines is 1. The Hall–Kier alpha value is -3.33. The van der Waals surface area contributed by atoms with Crippen molar-refractivity contribution in [1.82, 2.24) is 29.7 Å². The first-order chi connectivity index (χ1) is 14.5. The van der Waals surface area contributed by atoms with E-state index in [0.29, 0.717) is 35.9 Å². The number of rotatable bonds is 3. The molecule has 8 nitrogen and oxygen atoms in total. The van der Waals surface area contributed by atoms with E-state index in [1.54, 1.807) is 6.20 Å². The van der Waals surface area contributed by atoms with Gasteiger partial charge in [0, 0.05) is 35.3 Å². The molecule has 1 aliphatic rings. The molecule has 1 fully saturated rings. The zero-order valence-electron chi connectivity index (χ0n) is 17.1. The van der Waals surface area contributed by atoms with Gasteiger partial charge in [0.2, 0.25) is 0 Å². The zero-order valence-corrected chi connectivity index (χ0v) is 17.1. The van der Waals surface area contributed by atoms with Crippen LogP contribution in [-0.4, -0.2) is 55.5 Å². The van der Waals surface area contributed by atoms with Gasteiger partial charge in [-0.3, -0.25) is 4.57 Å². The van der Waals surface area contributed by atoms with Crippen LogP contribution < -0.4 is 4.90 Å². The van der Waals surface area contributed by atoms with Crippen molar-refractivity contribution >= 4 is 16.7 Å². The van der Waals surface area contributed by atoms with Gasteiger partial charge in [0.25, 0.3) is 0 Å². The summed E-state index contributed by atoms with van der Waals surface area (Å²) in [7, 11) is 0. The number of ether oxygens (including phenoxy) is 1. The second kappa shape index (κ2) is 7.17. The fraction of sp³-hybridized carbons (Fsp3) is 0.333. The van der Waals surface area contributed by atoms with Crippen LogP contribution in [0.4, 0.5) is 10.2 Å². The number of aromatic nitrogens is 6. The maximum Gasteiger partial charge on any atom is 0.164 e. The summed E-state index contributed by atoms with van der Waals surface area (Å²) in [5.41, 5.74) is 1.34. The average Bonchev–Trinajstić information content (AvgIpc) is 3.33. The summed E-state index contributed by atoms with van der Waals surface area (Å²) >= 11 is 0. The third-order valence-electron chi connectivity index (χ3n) is 5.45. The molecule has 0 amide bonds. The van der Waals surface area contributed by atoms with Crippen molar-refractivity contribution in [1.29, 1.82) is 0 Å². The highest BCUT2D eigenvalue weighted by Crippen LogP contribution is 2.30. The lowest BCUT2D eigenvalue weighted by molar-refractivity contribution is 0.0985. The predicted octanol–water partition coefficient (Wildman–Crippen LogP) is 3.19. The van der Waals surface area contributed by atoms with Crippen molar-refractivity contribution in [2.24, 2.45) is 0 Å². The largest absolute Gasteiger partial charge is 0.377 e. The molecule has 154 valence electrons. The van der Waals surface area contributed by atoms with Crippen molar-refractivity contribution in [3.63, 3.8) is 0 Å². The van der Waals surface area contributed by atoms with Crippen molar-refractivity contribution in [3.8, 4) is 17.2 Å². The number of halogens is 1. The van der Waals surface area contributed by atoms with Gasteiger partial charge in [0.05, 0.1) is 19.3 Å². The van der Waals surface area contributed by atoms with Gasteiger partial charge in [-0.15, -0.1) is 10.2 Å². The Bertz CT molecular complexity index is 1210. The van der Waals surface area contributed by atoms with Crippen LogP contribution in [0.25, 0.3) is 28.1 Å². The molecule has 0 radical (unpaired) electrons. The normalized spacial score (nSPS) is 17.1. The fourth-order valence-corrected chi connectivity index (χ4v) is 3.99. The molecule has 30 heavy (non-hydrogen) atoms. The third kappa shape index (κ3) is 3.11. The van der Waals surface area contributed by atoms with Crippen LogP contribution in [-0.2, 0) is 4.74 Å². The first kappa shape index (κ1) is 18.7. The van der Waals surface area contributed by atoms with E-state index >= 15 is 0 Å². The topological polar surface area (TPSA) is 84.8 Å². The van der Waals surface area contributed by atoms with Crippen LogP contribution in [0.15, 0.2) is 30.5 Å². The molecule has 5 rings (SSSR count). The minimum Gasteiger partial charge on any atom is -0.377 e. The molecule has 1 aliphatic heterocycles. The van der Waals surface area contributed by atoms with Crippen LogP contribution in [0.5, 0.6) is 0 Å². The van der Waals surface area contributed by atoms with E-state index in [-0.39, 0.29) is 11.9 Å². The van der Waals surface area contributed by atoms with E-state index in [9.17, 15) is 4.39 Å². The van der Waals surface area contributed by atoms with E-state index in [1.807, 2.05) is 30.5 Å². The van der Waals surface area contributed by atoms with Gasteiger partial charge in [0.1, 0.15) is 29.1 Å². The van der Waals surface area contributed by atoms with Crippen LogP contribution in [0.3, 0.4) is 0 Å². The summed E-state index contributed by atoms with van der Waals surface area (Å²) in [6.45, 7) is 7.84. The second-order valence-corrected chi connectivity index (χ2v) is 7.55. The molecule has 1 saturated heterocycles. The van der Waals surface area contributed by atoms with Gasteiger partial charge in [-0.2, -0.15) is 0 Å². The number of hydrogen-bond donors (Lipinski definition) is 1. The number of hydrogen-bond acceptors (Lipinski definition) is 6. The number of aryl methyl sites for hydroxylation is 2. The number of H-pyrrole nitrogens is 1. The number of nitrogens with one attached hydrogen (secondary N) is 1. The Labute approximate surface area is 172 Å². The van der Waals surface area contributed by atoms with E-state index in [2.05, 4.69) is 27.0 Å². The molecule has 0 spiro atoms. The second-order valence-electron chi connectivity index (χ2n) is 7.55. The summed E-state index contributed by atoms with van der Waals surface area (Å²) in [6, 6.07) is 6.96. The van der Waals surface area contributed by atoms with Crippen molar-refractivity contribution < 1.29 is 9.13 Å². The molecule has 1 aromatic carbocycles. The summed E-state index contributed by atoms with van der Waals surface area (Å²) in [6.07, 6.45) is 1.79. The molecule has 0 bridgehead atoms. The highest BCUT2D eigenvalue weighted by molar-refractivity contribution is 5.93. The molecule has 3 aromatic heterocycles. The van der Waals surface area contributed by atoms with E-state index < -0.39 is 0 Å². The lowest BCUT2D eigenvalue weighted by Crippen LogP contribution is -2.44. The molecule has 1 atom stereocenters. The summed E-state index contributed by atoms with van der Waals surface area (Å²) in [5, 5.41) is 9.19. The maximum absolute atomic E-state index is 14.4. The van der Waals surface area contributed by atoms with Gasteiger partial charge in [-0.05, 0) is 39.0 Å². The standard InChI is InChI=1S/C21H22FN7O/c1-12-11-30-7-6-28(12)19-10-20(29-13(2)26-27-14(29)3)25-21(24-19)17-8-15(22)9-18-16(17)4-5-23-18/h4-5,8-10,12,23H,6-7,11H2,1-3H3. The number of aromatic amines is 1. The quantitative estimate of drug-likeness (QED) is 0.562. The van der Waals surface area contributed by atoms with Gasteiger partial charge in [0.15, 0.2) is 5.82 Å². The van der Waals surface area contributed by atoms with Gasteiger partial charge >= 0.3 is 0 Å². The smallest absolute Gasteiger partial charge is 0.164 e. The van der Waals surface area contributed by atoms with Crippen LogP contribution in [0.1, 0.15) is 18.6 Å². The number of fused-ring (bicyclic) bond motifs is 1. The Morgan fingerprint density at radius 1 is 1.10 bits per heavy atom. The Balaban J connectivity index is 1.75. The van der Waals surface area contributed by atoms with Gasteiger partial charge in [-0.1, -0.05) is 0 Å². The number of morpholine rings is 1. The minimum atomic E-state index is -0.341. The van der Waals surface area contributed by atoms with Crippen molar-refractivity contribution in [2.75, 3.05) is 24.7 Å². The first-order valence-corrected chi connectivity index (χ1v) is 9.91. The van der Waals surface area contributed by atoms with Crippen LogP contribution in [0.2, 0.25) is 0 Å². The maximum atomic E-state index is 14.4. The van der Waals surface area contributed by atoms with E-state index in [0.717, 1.165) is 29.4 Å². The SMILES string of the molecule is Cc1nnc(C)n1-c1cc(N2CCOCC2C)nc(-c2cc(F)cc3[nH]ccc23)n1. The predicted molar refractivity (Wildman–Crippen MR) is 111 cm³/mol. The highest BCUT2D eigenvalue weighted by Gasteiger charge is 2.23. The highest BCUT2D eigenvalue weighted by atomic mass is 19.1. The molecule has 1 N–H and O–H groups in total. The van der Waals surface area contributed by atoms with Crippen molar-refractivity contribution in [2.45, 2.75) is 26.8 Å². The molecule has 4 aromatic rings. The fourth-order valence-electron chi connectivity index (χ4n) is 3.99. The molecule has 9 heteroatoms. The lowest BCUT2D eigenvalue weighted by atomic mass is 10.1. The molecular formula is C21H22FN7O. The number of nitrogens with zero attached hydrogens (tertiary/aromatic N) is 6. The Kier molecular flexibility index (Phi) is 4.47. The molecule has 1 unspecified atom stereocenters. The third-order valence-corrected chi connectivity index (χ3v) is 5.45. The summed E-state index contributed by atoms with van der Waals surface area (Å²) in [4.78, 5) is 14.9. The van der Waals surface area contributed by atoms with Crippen LogP contribution >= 0.6 is 0 Å². The lowest BCUT2D eigenvalue weighted by Gasteiger charge is -2.34. The van der Waals surface area contributed by atoms with E-state index in [4.69, 9.17) is 14.7 Å². The van der Waals surface area contributed by atoms with Gasteiger partial charge in [-0.25, -0.2) is 14.4 Å².